The van der Waals surface area contributed by atoms with Gasteiger partial charge in [-0.25, -0.2) is 0 Å². The van der Waals surface area contributed by atoms with Gasteiger partial charge in [0.05, 0.1) is 23.1 Å². The number of piperazine rings is 1. The second-order valence-corrected chi connectivity index (χ2v) is 6.36. The molecule has 6 nitrogen and oxygen atoms in total. The second kappa shape index (κ2) is 7.44. The molecule has 0 radical (unpaired) electrons. The van der Waals surface area contributed by atoms with Crippen LogP contribution in [-0.2, 0) is 4.79 Å². The van der Waals surface area contributed by atoms with Crippen molar-refractivity contribution in [2.45, 2.75) is 0 Å². The Morgan fingerprint density at radius 2 is 1.92 bits per heavy atom. The van der Waals surface area contributed by atoms with Gasteiger partial charge in [0.2, 0.25) is 6.41 Å². The van der Waals surface area contributed by atoms with Gasteiger partial charge in [-0.05, 0) is 34.1 Å². The van der Waals surface area contributed by atoms with Gasteiger partial charge in [0.15, 0.2) is 0 Å². The third kappa shape index (κ3) is 3.73. The lowest BCUT2D eigenvalue weighted by Gasteiger charge is -2.32. The second-order valence-electron chi connectivity index (χ2n) is 5.50. The molecule has 1 aromatic carbocycles. The fourth-order valence-electron chi connectivity index (χ4n) is 2.56. The molecule has 0 saturated carbocycles. The van der Waals surface area contributed by atoms with Crippen molar-refractivity contribution in [3.63, 3.8) is 0 Å². The third-order valence-electron chi connectivity index (χ3n) is 3.89. The highest BCUT2D eigenvalue weighted by Crippen LogP contribution is 2.25. The monoisotopic (exact) mass is 388 g/mol. The van der Waals surface area contributed by atoms with Crippen LogP contribution in [0.3, 0.4) is 0 Å². The van der Waals surface area contributed by atoms with E-state index in [1.165, 1.54) is 0 Å². The molecule has 24 heavy (non-hydrogen) atoms. The van der Waals surface area contributed by atoms with Crippen LogP contribution in [0.15, 0.2) is 47.2 Å². The number of hydrogen-bond donors (Lipinski definition) is 1. The van der Waals surface area contributed by atoms with E-state index in [-0.39, 0.29) is 5.91 Å². The Morgan fingerprint density at radius 3 is 2.62 bits per heavy atom. The number of hydrogen-bond acceptors (Lipinski definition) is 4. The summed E-state index contributed by atoms with van der Waals surface area (Å²) in [5.74, 6) is -0.0659. The lowest BCUT2D eigenvalue weighted by atomic mass is 10.2. The summed E-state index contributed by atoms with van der Waals surface area (Å²) in [5.41, 5.74) is 2.19. The summed E-state index contributed by atoms with van der Waals surface area (Å²) >= 11 is 3.48. The van der Waals surface area contributed by atoms with Gasteiger partial charge in [0, 0.05) is 36.8 Å². The number of carbonyl (C=O) groups excluding carboxylic acids is 2. The number of anilines is 2. The normalized spacial score (nSPS) is 14.4. The van der Waals surface area contributed by atoms with Crippen molar-refractivity contribution in [3.8, 4) is 0 Å². The smallest absolute Gasteiger partial charge is 0.255 e. The number of para-hydroxylation sites is 1. The maximum absolute atomic E-state index is 12.6. The van der Waals surface area contributed by atoms with Crippen LogP contribution < -0.4 is 5.32 Å². The lowest BCUT2D eigenvalue weighted by molar-refractivity contribution is -0.119. The number of aromatic nitrogens is 1. The number of nitrogens with one attached hydrogen (secondary N) is 1. The first-order chi connectivity index (χ1) is 11.7. The van der Waals surface area contributed by atoms with Crippen LogP contribution in [-0.4, -0.2) is 53.3 Å². The molecule has 1 aliphatic rings. The largest absolute Gasteiger partial charge is 0.353 e. The van der Waals surface area contributed by atoms with E-state index in [2.05, 4.69) is 26.2 Å². The Bertz CT molecular complexity index is 745. The van der Waals surface area contributed by atoms with E-state index < -0.39 is 0 Å². The standard InChI is InChI=1S/C17H17BrN4O2/c18-15-3-1-2-4-16(15)20-14-9-13(10-19-11-14)17(24)22-7-5-21(12-23)6-8-22/h1-4,9-12,20H,5-8H2. The van der Waals surface area contributed by atoms with Gasteiger partial charge < -0.3 is 15.1 Å². The van der Waals surface area contributed by atoms with Crippen LogP contribution in [0.5, 0.6) is 0 Å². The molecule has 2 heterocycles. The molecule has 1 aromatic heterocycles. The maximum atomic E-state index is 12.6. The van der Waals surface area contributed by atoms with E-state index in [1.54, 1.807) is 28.3 Å². The first-order valence-corrected chi connectivity index (χ1v) is 8.42. The molecule has 1 fully saturated rings. The quantitative estimate of drug-likeness (QED) is 0.817. The summed E-state index contributed by atoms with van der Waals surface area (Å²) < 4.78 is 0.937. The molecule has 0 atom stereocenters. The van der Waals surface area contributed by atoms with Crippen molar-refractivity contribution in [2.24, 2.45) is 0 Å². The summed E-state index contributed by atoms with van der Waals surface area (Å²) in [6, 6.07) is 9.55. The fraction of sp³-hybridized carbons (Fsp3) is 0.235. The number of benzene rings is 1. The Morgan fingerprint density at radius 1 is 1.17 bits per heavy atom. The zero-order valence-electron chi connectivity index (χ0n) is 13.0. The van der Waals surface area contributed by atoms with Crippen molar-refractivity contribution >= 4 is 39.6 Å². The highest BCUT2D eigenvalue weighted by molar-refractivity contribution is 9.10. The van der Waals surface area contributed by atoms with Crippen molar-refractivity contribution in [2.75, 3.05) is 31.5 Å². The minimum atomic E-state index is -0.0659. The van der Waals surface area contributed by atoms with E-state index in [0.29, 0.717) is 31.7 Å². The van der Waals surface area contributed by atoms with Crippen molar-refractivity contribution < 1.29 is 9.59 Å². The Labute approximate surface area is 148 Å². The molecule has 7 heteroatoms. The highest BCUT2D eigenvalue weighted by atomic mass is 79.9. The summed E-state index contributed by atoms with van der Waals surface area (Å²) in [4.78, 5) is 30.9. The van der Waals surface area contributed by atoms with E-state index in [9.17, 15) is 9.59 Å². The van der Waals surface area contributed by atoms with Crippen LogP contribution in [0, 0.1) is 0 Å². The molecule has 1 N–H and O–H groups in total. The molecule has 0 aliphatic carbocycles. The number of amides is 2. The van der Waals surface area contributed by atoms with Gasteiger partial charge in [-0.15, -0.1) is 0 Å². The zero-order valence-corrected chi connectivity index (χ0v) is 14.6. The van der Waals surface area contributed by atoms with Crippen molar-refractivity contribution in [3.05, 3.63) is 52.8 Å². The van der Waals surface area contributed by atoms with E-state index >= 15 is 0 Å². The van der Waals surface area contributed by atoms with Crippen LogP contribution >= 0.6 is 15.9 Å². The van der Waals surface area contributed by atoms with Gasteiger partial charge >= 0.3 is 0 Å². The SMILES string of the molecule is O=CN1CCN(C(=O)c2cncc(Nc3ccccc3Br)c2)CC1. The molecule has 124 valence electrons. The van der Waals surface area contributed by atoms with Gasteiger partial charge in [0.1, 0.15) is 0 Å². The Balaban J connectivity index is 1.72. The molecule has 0 spiro atoms. The minimum Gasteiger partial charge on any atom is -0.353 e. The molecule has 3 rings (SSSR count). The predicted octanol–water partition coefficient (Wildman–Crippen LogP) is 2.50. The van der Waals surface area contributed by atoms with Crippen molar-refractivity contribution in [1.29, 1.82) is 0 Å². The van der Waals surface area contributed by atoms with Gasteiger partial charge in [-0.1, -0.05) is 12.1 Å². The van der Waals surface area contributed by atoms with Gasteiger partial charge in [0.25, 0.3) is 5.91 Å². The number of nitrogens with zero attached hydrogens (tertiary/aromatic N) is 3. The number of carbonyl (C=O) groups is 2. The molecule has 1 aliphatic heterocycles. The van der Waals surface area contributed by atoms with Crippen molar-refractivity contribution in [1.82, 2.24) is 14.8 Å². The third-order valence-corrected chi connectivity index (χ3v) is 4.58. The molecule has 2 amide bonds. The zero-order chi connectivity index (χ0) is 16.9. The molecule has 0 unspecified atom stereocenters. The van der Waals surface area contributed by atoms with Crippen LogP contribution in [0.2, 0.25) is 0 Å². The summed E-state index contributed by atoms with van der Waals surface area (Å²) in [6.45, 7) is 2.22. The Hall–Kier alpha value is -2.41. The Kier molecular flexibility index (Phi) is 5.10. The fourth-order valence-corrected chi connectivity index (χ4v) is 2.94. The number of rotatable bonds is 4. The molecule has 2 aromatic rings. The van der Waals surface area contributed by atoms with E-state index in [0.717, 1.165) is 22.3 Å². The highest BCUT2D eigenvalue weighted by Gasteiger charge is 2.21. The van der Waals surface area contributed by atoms with E-state index in [4.69, 9.17) is 0 Å². The molecule has 1 saturated heterocycles. The number of pyridine rings is 1. The summed E-state index contributed by atoms with van der Waals surface area (Å²) in [5, 5.41) is 3.25. The predicted molar refractivity (Wildman–Crippen MR) is 95.2 cm³/mol. The maximum Gasteiger partial charge on any atom is 0.255 e. The average Bonchev–Trinajstić information content (AvgIpc) is 2.63. The van der Waals surface area contributed by atoms with Gasteiger partial charge in [-0.2, -0.15) is 0 Å². The van der Waals surface area contributed by atoms with E-state index in [1.807, 2.05) is 24.3 Å². The van der Waals surface area contributed by atoms with Crippen LogP contribution in [0.25, 0.3) is 0 Å². The minimum absolute atomic E-state index is 0.0659. The molecular weight excluding hydrogens is 372 g/mol. The van der Waals surface area contributed by atoms with Crippen LogP contribution in [0.4, 0.5) is 11.4 Å². The average molecular weight is 389 g/mol. The first kappa shape index (κ1) is 16.4. The lowest BCUT2D eigenvalue weighted by Crippen LogP contribution is -2.48. The molecule has 0 bridgehead atoms. The van der Waals surface area contributed by atoms with Gasteiger partial charge in [-0.3, -0.25) is 14.6 Å². The summed E-state index contributed by atoms with van der Waals surface area (Å²) in [7, 11) is 0. The summed E-state index contributed by atoms with van der Waals surface area (Å²) in [6.07, 6.45) is 4.08. The first-order valence-electron chi connectivity index (χ1n) is 7.62. The number of halogens is 1. The van der Waals surface area contributed by atoms with Crippen LogP contribution in [0.1, 0.15) is 10.4 Å². The topological polar surface area (TPSA) is 65.5 Å². The molecular formula is C17H17BrN4O2.